The van der Waals surface area contributed by atoms with E-state index in [1.54, 1.807) is 25.3 Å². The van der Waals surface area contributed by atoms with Gasteiger partial charge in [-0.3, -0.25) is 4.79 Å². The Labute approximate surface area is 210 Å². The van der Waals surface area contributed by atoms with Crippen molar-refractivity contribution in [2.24, 2.45) is 5.92 Å². The van der Waals surface area contributed by atoms with Gasteiger partial charge in [0, 0.05) is 11.5 Å². The van der Waals surface area contributed by atoms with Gasteiger partial charge in [-0.15, -0.1) is 0 Å². The van der Waals surface area contributed by atoms with Gasteiger partial charge in [0.05, 0.1) is 13.2 Å². The highest BCUT2D eigenvalue weighted by molar-refractivity contribution is 5.91. The van der Waals surface area contributed by atoms with Crippen molar-refractivity contribution in [3.05, 3.63) is 102 Å². The van der Waals surface area contributed by atoms with E-state index in [2.05, 4.69) is 5.32 Å². The molecule has 0 heterocycles. The van der Waals surface area contributed by atoms with Crippen LogP contribution in [0.4, 0.5) is 0 Å². The maximum Gasteiger partial charge on any atom is 0.349 e. The predicted molar refractivity (Wildman–Crippen MR) is 139 cm³/mol. The van der Waals surface area contributed by atoms with Crippen molar-refractivity contribution in [3.63, 3.8) is 0 Å². The van der Waals surface area contributed by atoms with Gasteiger partial charge in [0.2, 0.25) is 5.91 Å². The van der Waals surface area contributed by atoms with Gasteiger partial charge in [-0.1, -0.05) is 74.5 Å². The van der Waals surface area contributed by atoms with E-state index in [1.165, 1.54) is 0 Å². The fourth-order valence-corrected chi connectivity index (χ4v) is 3.90. The predicted octanol–water partition coefficient (Wildman–Crippen LogP) is 5.69. The molecule has 0 spiro atoms. The third-order valence-corrected chi connectivity index (χ3v) is 5.80. The van der Waals surface area contributed by atoms with Crippen LogP contribution in [0.3, 0.4) is 0 Å². The average molecular weight is 484 g/mol. The molecule has 36 heavy (non-hydrogen) atoms. The number of hydrogen-bond acceptors (Lipinski definition) is 5. The molecule has 0 saturated carbocycles. The van der Waals surface area contributed by atoms with Crippen molar-refractivity contribution in [2.75, 3.05) is 13.7 Å². The lowest BCUT2D eigenvalue weighted by molar-refractivity contribution is -0.136. The molecule has 4 aromatic rings. The normalized spacial score (nSPS) is 11.7. The summed E-state index contributed by atoms with van der Waals surface area (Å²) in [4.78, 5) is 25.7. The zero-order chi connectivity index (χ0) is 25.5. The summed E-state index contributed by atoms with van der Waals surface area (Å²) in [6.45, 7) is 3.43. The Kier molecular flexibility index (Phi) is 7.85. The largest absolute Gasteiger partial charge is 0.497 e. The van der Waals surface area contributed by atoms with E-state index in [0.717, 1.165) is 16.3 Å². The van der Waals surface area contributed by atoms with Crippen LogP contribution in [0, 0.1) is 5.92 Å². The fourth-order valence-electron chi connectivity index (χ4n) is 3.90. The van der Waals surface area contributed by atoms with E-state index in [0.29, 0.717) is 22.8 Å². The van der Waals surface area contributed by atoms with Crippen molar-refractivity contribution in [3.8, 4) is 17.2 Å². The number of ether oxygens (including phenoxy) is 3. The Bertz CT molecular complexity index is 1330. The van der Waals surface area contributed by atoms with Crippen LogP contribution in [0.2, 0.25) is 0 Å². The number of esters is 1. The van der Waals surface area contributed by atoms with Crippen LogP contribution in [0.25, 0.3) is 10.8 Å². The van der Waals surface area contributed by atoms with Gasteiger partial charge >= 0.3 is 5.97 Å². The summed E-state index contributed by atoms with van der Waals surface area (Å²) in [5, 5.41) is 4.98. The topological polar surface area (TPSA) is 73.9 Å². The Morgan fingerprint density at radius 2 is 1.50 bits per heavy atom. The monoisotopic (exact) mass is 483 g/mol. The highest BCUT2D eigenvalue weighted by Crippen LogP contribution is 2.37. The number of nitrogens with one attached hydrogen (secondary N) is 1. The number of benzene rings is 4. The second-order valence-corrected chi connectivity index (χ2v) is 8.64. The maximum atomic E-state index is 12.9. The van der Waals surface area contributed by atoms with Gasteiger partial charge in [-0.05, 0) is 46.7 Å². The van der Waals surface area contributed by atoms with Gasteiger partial charge in [0.25, 0.3) is 0 Å². The lowest BCUT2D eigenvalue weighted by Crippen LogP contribution is -2.33. The molecule has 0 saturated heterocycles. The Hall–Kier alpha value is -4.32. The number of para-hydroxylation sites is 1. The van der Waals surface area contributed by atoms with Gasteiger partial charge in [-0.2, -0.15) is 0 Å². The zero-order valence-electron chi connectivity index (χ0n) is 20.6. The quantitative estimate of drug-likeness (QED) is 0.244. The fraction of sp³-hybridized carbons (Fsp3) is 0.200. The molecule has 0 radical (unpaired) electrons. The summed E-state index contributed by atoms with van der Waals surface area (Å²) < 4.78 is 16.7. The van der Waals surface area contributed by atoms with Crippen LogP contribution in [-0.4, -0.2) is 25.6 Å². The molecule has 184 valence electrons. The van der Waals surface area contributed by atoms with Crippen molar-refractivity contribution in [1.29, 1.82) is 0 Å². The van der Waals surface area contributed by atoms with Crippen LogP contribution in [0.5, 0.6) is 17.2 Å². The Morgan fingerprint density at radius 3 is 2.19 bits per heavy atom. The molecule has 0 aliphatic carbocycles. The standard InChI is InChI=1S/C30H29NO5/c1-20(2)30(33)31-29(22-13-16-23(34-3)17-14-22)28-25-12-8-7-9-21(25)15-18-26(28)36-27(32)19-35-24-10-5-4-6-11-24/h4-18,20,29H,19H2,1-3H3,(H,31,33)/t29-/m0/s1. The summed E-state index contributed by atoms with van der Waals surface area (Å²) in [6.07, 6.45) is 0. The van der Waals surface area contributed by atoms with Crippen LogP contribution in [-0.2, 0) is 9.59 Å². The first-order chi connectivity index (χ1) is 17.5. The SMILES string of the molecule is COc1ccc([C@H](NC(=O)C(C)C)c2c(OC(=O)COc3ccccc3)ccc3ccccc23)cc1. The third kappa shape index (κ3) is 5.84. The lowest BCUT2D eigenvalue weighted by atomic mass is 9.92. The molecule has 1 amide bonds. The minimum absolute atomic E-state index is 0.117. The van der Waals surface area contributed by atoms with Crippen LogP contribution >= 0.6 is 0 Å². The van der Waals surface area contributed by atoms with Crippen molar-refractivity contribution in [2.45, 2.75) is 19.9 Å². The number of carbonyl (C=O) groups excluding carboxylic acids is 2. The highest BCUT2D eigenvalue weighted by Gasteiger charge is 2.25. The van der Waals surface area contributed by atoms with Crippen LogP contribution in [0.15, 0.2) is 91.0 Å². The Morgan fingerprint density at radius 1 is 0.806 bits per heavy atom. The number of carbonyl (C=O) groups is 2. The van der Waals surface area contributed by atoms with Gasteiger partial charge in [0.1, 0.15) is 17.2 Å². The summed E-state index contributed by atoms with van der Waals surface area (Å²) in [5.41, 5.74) is 1.53. The molecule has 6 nitrogen and oxygen atoms in total. The molecular formula is C30H29NO5. The van der Waals surface area contributed by atoms with E-state index < -0.39 is 12.0 Å². The van der Waals surface area contributed by atoms with Crippen LogP contribution in [0.1, 0.15) is 31.0 Å². The van der Waals surface area contributed by atoms with Gasteiger partial charge < -0.3 is 19.5 Å². The molecule has 1 N–H and O–H groups in total. The molecule has 0 fully saturated rings. The maximum absolute atomic E-state index is 12.9. The highest BCUT2D eigenvalue weighted by atomic mass is 16.6. The molecule has 6 heteroatoms. The molecule has 0 bridgehead atoms. The lowest BCUT2D eigenvalue weighted by Gasteiger charge is -2.25. The number of amides is 1. The summed E-state index contributed by atoms with van der Waals surface area (Å²) in [6, 6.07) is 27.5. The third-order valence-electron chi connectivity index (χ3n) is 5.80. The molecule has 0 aliphatic heterocycles. The molecule has 4 rings (SSSR count). The van der Waals surface area contributed by atoms with E-state index in [4.69, 9.17) is 14.2 Å². The van der Waals surface area contributed by atoms with Gasteiger partial charge in [-0.25, -0.2) is 4.79 Å². The first kappa shape index (κ1) is 24.8. The number of rotatable bonds is 9. The van der Waals surface area contributed by atoms with E-state index in [1.807, 2.05) is 86.6 Å². The summed E-state index contributed by atoms with van der Waals surface area (Å²) >= 11 is 0. The van der Waals surface area contributed by atoms with Gasteiger partial charge in [0.15, 0.2) is 6.61 Å². The Balaban J connectivity index is 1.75. The smallest absolute Gasteiger partial charge is 0.349 e. The molecule has 0 aromatic heterocycles. The molecule has 0 aliphatic rings. The van der Waals surface area contributed by atoms with Crippen molar-refractivity contribution in [1.82, 2.24) is 5.32 Å². The van der Waals surface area contributed by atoms with Crippen molar-refractivity contribution >= 4 is 22.6 Å². The molecule has 0 unspecified atom stereocenters. The second kappa shape index (κ2) is 11.4. The molecular weight excluding hydrogens is 454 g/mol. The zero-order valence-corrected chi connectivity index (χ0v) is 20.6. The van der Waals surface area contributed by atoms with E-state index in [-0.39, 0.29) is 18.4 Å². The van der Waals surface area contributed by atoms with Crippen molar-refractivity contribution < 1.29 is 23.8 Å². The summed E-state index contributed by atoms with van der Waals surface area (Å²) in [5.74, 6) is 0.752. The van der Waals surface area contributed by atoms with E-state index in [9.17, 15) is 9.59 Å². The number of hydrogen-bond donors (Lipinski definition) is 1. The number of fused-ring (bicyclic) bond motifs is 1. The minimum atomic E-state index is -0.560. The first-order valence-electron chi connectivity index (χ1n) is 11.8. The minimum Gasteiger partial charge on any atom is -0.497 e. The number of methoxy groups -OCH3 is 1. The summed E-state index contributed by atoms with van der Waals surface area (Å²) in [7, 11) is 1.60. The average Bonchev–Trinajstić information content (AvgIpc) is 2.91. The van der Waals surface area contributed by atoms with E-state index >= 15 is 0 Å². The first-order valence-corrected chi connectivity index (χ1v) is 11.8. The molecule has 4 aromatic carbocycles. The molecule has 1 atom stereocenters. The van der Waals surface area contributed by atoms with Crippen LogP contribution < -0.4 is 19.5 Å². The second-order valence-electron chi connectivity index (χ2n) is 8.64.